The SMILES string of the molecule is Cc1cc[n+](-c2cc(Cl)ccc2Cl)cc1. The van der Waals surface area contributed by atoms with Crippen LogP contribution in [-0.4, -0.2) is 0 Å². The molecule has 1 aromatic carbocycles. The van der Waals surface area contributed by atoms with Gasteiger partial charge in [0, 0.05) is 23.2 Å². The molecule has 0 bridgehead atoms. The van der Waals surface area contributed by atoms with Gasteiger partial charge < -0.3 is 0 Å². The Balaban J connectivity index is 2.53. The summed E-state index contributed by atoms with van der Waals surface area (Å²) in [6.07, 6.45) is 3.93. The molecular formula is C12H10Cl2N+. The van der Waals surface area contributed by atoms with Gasteiger partial charge >= 0.3 is 0 Å². The Hall–Kier alpha value is -1.05. The molecule has 0 radical (unpaired) electrons. The van der Waals surface area contributed by atoms with E-state index in [9.17, 15) is 0 Å². The van der Waals surface area contributed by atoms with E-state index in [1.807, 2.05) is 42.1 Å². The number of hydrogen-bond acceptors (Lipinski definition) is 0. The van der Waals surface area contributed by atoms with E-state index in [0.29, 0.717) is 10.0 Å². The second kappa shape index (κ2) is 4.21. The smallest absolute Gasteiger partial charge is 0.166 e. The third-order valence-electron chi connectivity index (χ3n) is 2.18. The molecule has 76 valence electrons. The molecule has 1 aromatic heterocycles. The number of aryl methyl sites for hydroxylation is 1. The number of pyridine rings is 1. The molecule has 0 unspecified atom stereocenters. The van der Waals surface area contributed by atoms with Crippen LogP contribution in [0, 0.1) is 6.92 Å². The van der Waals surface area contributed by atoms with E-state index in [-0.39, 0.29) is 0 Å². The number of benzene rings is 1. The maximum Gasteiger partial charge on any atom is 0.230 e. The van der Waals surface area contributed by atoms with Gasteiger partial charge in [0.15, 0.2) is 12.4 Å². The number of nitrogens with zero attached hydrogens (tertiary/aromatic N) is 1. The summed E-state index contributed by atoms with van der Waals surface area (Å²) >= 11 is 12.0. The summed E-state index contributed by atoms with van der Waals surface area (Å²) in [5.41, 5.74) is 2.11. The number of halogens is 2. The van der Waals surface area contributed by atoms with Crippen molar-refractivity contribution in [1.29, 1.82) is 0 Å². The lowest BCUT2D eigenvalue weighted by Gasteiger charge is -1.99. The van der Waals surface area contributed by atoms with Crippen molar-refractivity contribution in [3.63, 3.8) is 0 Å². The summed E-state index contributed by atoms with van der Waals surface area (Å²) in [6.45, 7) is 2.05. The van der Waals surface area contributed by atoms with Crippen molar-refractivity contribution < 1.29 is 4.57 Å². The summed E-state index contributed by atoms with van der Waals surface area (Å²) in [7, 11) is 0. The summed E-state index contributed by atoms with van der Waals surface area (Å²) in [6, 6.07) is 9.47. The van der Waals surface area contributed by atoms with Crippen LogP contribution in [0.15, 0.2) is 42.7 Å². The molecule has 2 aromatic rings. The number of hydrogen-bond donors (Lipinski definition) is 0. The Morgan fingerprint density at radius 2 is 1.67 bits per heavy atom. The minimum atomic E-state index is 0.683. The standard InChI is InChI=1S/C12H10Cl2N/c1-9-4-6-15(7-5-9)12-8-10(13)2-3-11(12)14/h2-8H,1H3/q+1. The second-order valence-corrected chi connectivity index (χ2v) is 4.22. The predicted octanol–water partition coefficient (Wildman–Crippen LogP) is 3.58. The largest absolute Gasteiger partial charge is 0.230 e. The topological polar surface area (TPSA) is 3.88 Å². The van der Waals surface area contributed by atoms with Gasteiger partial charge in [-0.25, -0.2) is 0 Å². The van der Waals surface area contributed by atoms with Gasteiger partial charge in [-0.05, 0) is 24.6 Å². The van der Waals surface area contributed by atoms with E-state index < -0.39 is 0 Å². The van der Waals surface area contributed by atoms with Gasteiger partial charge in [-0.1, -0.05) is 23.2 Å². The minimum Gasteiger partial charge on any atom is -0.166 e. The highest BCUT2D eigenvalue weighted by atomic mass is 35.5. The zero-order chi connectivity index (χ0) is 10.8. The van der Waals surface area contributed by atoms with E-state index in [4.69, 9.17) is 23.2 Å². The van der Waals surface area contributed by atoms with Gasteiger partial charge in [-0.2, -0.15) is 4.57 Å². The lowest BCUT2D eigenvalue weighted by Crippen LogP contribution is -2.29. The summed E-state index contributed by atoms with van der Waals surface area (Å²) in [5.74, 6) is 0. The van der Waals surface area contributed by atoms with Crippen molar-refractivity contribution in [3.8, 4) is 5.69 Å². The third kappa shape index (κ3) is 2.31. The van der Waals surface area contributed by atoms with Crippen molar-refractivity contribution in [2.24, 2.45) is 0 Å². The van der Waals surface area contributed by atoms with Crippen LogP contribution in [0.5, 0.6) is 0 Å². The maximum absolute atomic E-state index is 6.09. The average Bonchev–Trinajstić information content (AvgIpc) is 2.23. The highest BCUT2D eigenvalue weighted by Crippen LogP contribution is 2.20. The Morgan fingerprint density at radius 3 is 2.33 bits per heavy atom. The van der Waals surface area contributed by atoms with Crippen LogP contribution in [-0.2, 0) is 0 Å². The van der Waals surface area contributed by atoms with Gasteiger partial charge in [-0.3, -0.25) is 0 Å². The van der Waals surface area contributed by atoms with Crippen molar-refractivity contribution >= 4 is 23.2 Å². The summed E-state index contributed by atoms with van der Waals surface area (Å²) in [5, 5.41) is 1.37. The Kier molecular flexibility index (Phi) is 2.94. The van der Waals surface area contributed by atoms with Crippen molar-refractivity contribution in [2.45, 2.75) is 6.92 Å². The molecule has 0 aliphatic carbocycles. The summed E-state index contributed by atoms with van der Waals surface area (Å²) < 4.78 is 1.95. The molecule has 0 saturated carbocycles. The Morgan fingerprint density at radius 1 is 1.00 bits per heavy atom. The number of aromatic nitrogens is 1. The highest BCUT2D eigenvalue weighted by Gasteiger charge is 2.10. The van der Waals surface area contributed by atoms with Crippen LogP contribution in [0.1, 0.15) is 5.56 Å². The predicted molar refractivity (Wildman–Crippen MR) is 62.7 cm³/mol. The molecule has 1 heterocycles. The van der Waals surface area contributed by atoms with Gasteiger partial charge in [0.1, 0.15) is 5.02 Å². The fourth-order valence-corrected chi connectivity index (χ4v) is 1.73. The van der Waals surface area contributed by atoms with E-state index in [0.717, 1.165) is 5.69 Å². The lowest BCUT2D eigenvalue weighted by atomic mass is 10.2. The average molecular weight is 239 g/mol. The third-order valence-corrected chi connectivity index (χ3v) is 2.74. The van der Waals surface area contributed by atoms with Crippen LogP contribution in [0.25, 0.3) is 5.69 Å². The minimum absolute atomic E-state index is 0.683. The molecule has 0 aliphatic heterocycles. The quantitative estimate of drug-likeness (QED) is 0.669. The van der Waals surface area contributed by atoms with Crippen molar-refractivity contribution in [3.05, 3.63) is 58.3 Å². The van der Waals surface area contributed by atoms with Crippen LogP contribution in [0.2, 0.25) is 10.0 Å². The molecule has 0 N–H and O–H groups in total. The summed E-state index contributed by atoms with van der Waals surface area (Å²) in [4.78, 5) is 0. The first kappa shape index (κ1) is 10.5. The van der Waals surface area contributed by atoms with Gasteiger partial charge in [-0.15, -0.1) is 0 Å². The molecule has 0 fully saturated rings. The Bertz CT molecular complexity index is 477. The molecule has 2 rings (SSSR count). The normalized spacial score (nSPS) is 10.3. The van der Waals surface area contributed by atoms with Gasteiger partial charge in [0.25, 0.3) is 0 Å². The van der Waals surface area contributed by atoms with Crippen molar-refractivity contribution in [1.82, 2.24) is 0 Å². The molecule has 15 heavy (non-hydrogen) atoms. The monoisotopic (exact) mass is 238 g/mol. The molecule has 0 atom stereocenters. The van der Waals surface area contributed by atoms with E-state index in [1.165, 1.54) is 5.56 Å². The molecule has 0 amide bonds. The van der Waals surface area contributed by atoms with Crippen LogP contribution < -0.4 is 4.57 Å². The maximum atomic E-state index is 6.09. The molecule has 0 saturated heterocycles. The molecule has 1 nitrogen and oxygen atoms in total. The van der Waals surface area contributed by atoms with E-state index in [2.05, 4.69) is 0 Å². The zero-order valence-electron chi connectivity index (χ0n) is 8.24. The second-order valence-electron chi connectivity index (χ2n) is 3.38. The van der Waals surface area contributed by atoms with Crippen LogP contribution in [0.3, 0.4) is 0 Å². The number of rotatable bonds is 1. The Labute approximate surface area is 98.9 Å². The lowest BCUT2D eigenvalue weighted by molar-refractivity contribution is -0.595. The van der Waals surface area contributed by atoms with Gasteiger partial charge in [0.2, 0.25) is 5.69 Å². The van der Waals surface area contributed by atoms with Crippen LogP contribution >= 0.6 is 23.2 Å². The first-order valence-corrected chi connectivity index (χ1v) is 5.36. The van der Waals surface area contributed by atoms with Crippen LogP contribution in [0.4, 0.5) is 0 Å². The molecular weight excluding hydrogens is 229 g/mol. The molecule has 0 aliphatic rings. The van der Waals surface area contributed by atoms with Crippen molar-refractivity contribution in [2.75, 3.05) is 0 Å². The fraction of sp³-hybridized carbons (Fsp3) is 0.0833. The van der Waals surface area contributed by atoms with E-state index >= 15 is 0 Å². The molecule has 3 heteroatoms. The first-order valence-electron chi connectivity index (χ1n) is 4.60. The first-order chi connectivity index (χ1) is 7.16. The highest BCUT2D eigenvalue weighted by molar-refractivity contribution is 6.34. The molecule has 0 spiro atoms. The van der Waals surface area contributed by atoms with Gasteiger partial charge in [0.05, 0.1) is 0 Å². The fourth-order valence-electron chi connectivity index (χ4n) is 1.35. The zero-order valence-corrected chi connectivity index (χ0v) is 9.76. The van der Waals surface area contributed by atoms with E-state index in [1.54, 1.807) is 12.1 Å².